The lowest BCUT2D eigenvalue weighted by atomic mass is 9.95. The molecule has 0 aliphatic heterocycles. The molecule has 0 aromatic heterocycles. The quantitative estimate of drug-likeness (QED) is 0.897. The monoisotopic (exact) mass is 328 g/mol. The van der Waals surface area contributed by atoms with Gasteiger partial charge in [0.05, 0.1) is 19.1 Å². The minimum absolute atomic E-state index is 0.176. The largest absolute Gasteiger partial charge is 0.493 e. The van der Waals surface area contributed by atoms with Gasteiger partial charge in [-0.25, -0.2) is 0 Å². The molecular weight excluding hydrogens is 312 g/mol. The Labute approximate surface area is 120 Å². The molecule has 0 heterocycles. The first-order chi connectivity index (χ1) is 9.02. The summed E-state index contributed by atoms with van der Waals surface area (Å²) in [5.74, 6) is -0.380. The summed E-state index contributed by atoms with van der Waals surface area (Å²) in [6, 6.07) is 3.58. The number of rotatable bonds is 5. The van der Waals surface area contributed by atoms with Crippen molar-refractivity contribution in [1.82, 2.24) is 0 Å². The van der Waals surface area contributed by atoms with Crippen molar-refractivity contribution in [3.8, 4) is 11.5 Å². The Bertz CT molecular complexity index is 483. The molecule has 0 amide bonds. The Kier molecular flexibility index (Phi) is 4.34. The molecule has 1 aromatic carbocycles. The average Bonchev–Trinajstić information content (AvgIpc) is 2.32. The molecular formula is C14H17BrO4. The molecule has 104 valence electrons. The molecule has 5 heteroatoms. The van der Waals surface area contributed by atoms with Crippen LogP contribution >= 0.6 is 15.9 Å². The number of ether oxygens (including phenoxy) is 2. The number of aliphatic carboxylic acids is 1. The topological polar surface area (TPSA) is 55.8 Å². The summed E-state index contributed by atoms with van der Waals surface area (Å²) in [6.45, 7) is 1.65. The van der Waals surface area contributed by atoms with Crippen molar-refractivity contribution < 1.29 is 19.4 Å². The van der Waals surface area contributed by atoms with Gasteiger partial charge in [0.15, 0.2) is 11.5 Å². The molecule has 4 nitrogen and oxygen atoms in total. The highest BCUT2D eigenvalue weighted by Crippen LogP contribution is 2.41. The van der Waals surface area contributed by atoms with Gasteiger partial charge in [-0.2, -0.15) is 0 Å². The third kappa shape index (κ3) is 3.03. The number of benzene rings is 1. The molecule has 0 bridgehead atoms. The van der Waals surface area contributed by atoms with Crippen molar-refractivity contribution in [2.24, 2.45) is 0 Å². The van der Waals surface area contributed by atoms with E-state index in [0.29, 0.717) is 17.1 Å². The Morgan fingerprint density at radius 2 is 2.16 bits per heavy atom. The maximum Gasteiger partial charge on any atom is 0.310 e. The molecule has 1 saturated carbocycles. The van der Waals surface area contributed by atoms with Crippen LogP contribution in [0.25, 0.3) is 0 Å². The highest BCUT2D eigenvalue weighted by Gasteiger charge is 2.27. The number of hydrogen-bond acceptors (Lipinski definition) is 3. The molecule has 1 aromatic rings. The van der Waals surface area contributed by atoms with E-state index < -0.39 is 11.9 Å². The van der Waals surface area contributed by atoms with Gasteiger partial charge in [-0.15, -0.1) is 0 Å². The zero-order valence-corrected chi connectivity index (χ0v) is 12.6. The Morgan fingerprint density at radius 1 is 1.47 bits per heavy atom. The predicted octanol–water partition coefficient (Wildman–Crippen LogP) is 3.58. The number of carboxylic acids is 1. The third-order valence-electron chi connectivity index (χ3n) is 3.44. The van der Waals surface area contributed by atoms with Gasteiger partial charge in [-0.1, -0.05) is 15.9 Å². The molecule has 1 fully saturated rings. The molecule has 19 heavy (non-hydrogen) atoms. The maximum absolute atomic E-state index is 11.2. The van der Waals surface area contributed by atoms with E-state index in [1.54, 1.807) is 26.2 Å². The van der Waals surface area contributed by atoms with Crippen molar-refractivity contribution in [1.29, 1.82) is 0 Å². The van der Waals surface area contributed by atoms with Gasteiger partial charge in [0.2, 0.25) is 0 Å². The second kappa shape index (κ2) is 5.82. The first kappa shape index (κ1) is 14.2. The SMILES string of the molecule is COc1cc(Br)cc(C(C)C(=O)O)c1OC1CCC1. The molecule has 1 unspecified atom stereocenters. The minimum Gasteiger partial charge on any atom is -0.493 e. The first-order valence-electron chi connectivity index (χ1n) is 6.29. The fourth-order valence-electron chi connectivity index (χ4n) is 1.98. The summed E-state index contributed by atoms with van der Waals surface area (Å²) in [7, 11) is 1.56. The number of hydrogen-bond donors (Lipinski definition) is 1. The molecule has 1 atom stereocenters. The lowest BCUT2D eigenvalue weighted by molar-refractivity contribution is -0.138. The van der Waals surface area contributed by atoms with Crippen LogP contribution in [0.5, 0.6) is 11.5 Å². The Morgan fingerprint density at radius 3 is 2.63 bits per heavy atom. The van der Waals surface area contributed by atoms with Crippen molar-refractivity contribution in [3.63, 3.8) is 0 Å². The van der Waals surface area contributed by atoms with Gasteiger partial charge in [-0.05, 0) is 38.3 Å². The van der Waals surface area contributed by atoms with E-state index >= 15 is 0 Å². The number of carbonyl (C=O) groups is 1. The van der Waals surface area contributed by atoms with E-state index in [9.17, 15) is 9.90 Å². The molecule has 0 saturated heterocycles. The lowest BCUT2D eigenvalue weighted by Crippen LogP contribution is -2.26. The molecule has 2 rings (SSSR count). The van der Waals surface area contributed by atoms with Crippen molar-refractivity contribution in [3.05, 3.63) is 22.2 Å². The summed E-state index contributed by atoms with van der Waals surface area (Å²) in [4.78, 5) is 11.2. The number of methoxy groups -OCH3 is 1. The zero-order valence-electron chi connectivity index (χ0n) is 11.0. The normalized spacial score (nSPS) is 16.6. The standard InChI is InChI=1S/C14H17BrO4/c1-8(14(16)17)11-6-9(15)7-12(18-2)13(11)19-10-4-3-5-10/h6-8,10H,3-5H2,1-2H3,(H,16,17). The summed E-state index contributed by atoms with van der Waals surface area (Å²) >= 11 is 3.37. The van der Waals surface area contributed by atoms with Crippen LogP contribution in [-0.4, -0.2) is 24.3 Å². The van der Waals surface area contributed by atoms with Gasteiger partial charge in [-0.3, -0.25) is 4.79 Å². The minimum atomic E-state index is -0.876. The summed E-state index contributed by atoms with van der Waals surface area (Å²) in [5.41, 5.74) is 0.644. The average molecular weight is 329 g/mol. The summed E-state index contributed by atoms with van der Waals surface area (Å²) in [6.07, 6.45) is 3.36. The smallest absolute Gasteiger partial charge is 0.310 e. The van der Waals surface area contributed by atoms with E-state index in [-0.39, 0.29) is 6.10 Å². The van der Waals surface area contributed by atoms with Gasteiger partial charge < -0.3 is 14.6 Å². The van der Waals surface area contributed by atoms with Gasteiger partial charge in [0, 0.05) is 10.0 Å². The molecule has 0 spiro atoms. The third-order valence-corrected chi connectivity index (χ3v) is 3.90. The van der Waals surface area contributed by atoms with Crippen LogP contribution in [0.2, 0.25) is 0 Å². The van der Waals surface area contributed by atoms with Crippen molar-refractivity contribution in [2.75, 3.05) is 7.11 Å². The molecule has 1 aliphatic carbocycles. The Hall–Kier alpha value is -1.23. The van der Waals surface area contributed by atoms with Crippen LogP contribution in [0.15, 0.2) is 16.6 Å². The van der Waals surface area contributed by atoms with Crippen molar-refractivity contribution >= 4 is 21.9 Å². The van der Waals surface area contributed by atoms with Crippen molar-refractivity contribution in [2.45, 2.75) is 38.2 Å². The highest BCUT2D eigenvalue weighted by molar-refractivity contribution is 9.10. The Balaban J connectivity index is 2.41. The fraction of sp³-hybridized carbons (Fsp3) is 0.500. The lowest BCUT2D eigenvalue weighted by Gasteiger charge is -2.29. The predicted molar refractivity (Wildman–Crippen MR) is 75.0 cm³/mol. The number of carboxylic acid groups (broad SMARTS) is 1. The van der Waals surface area contributed by atoms with E-state index in [0.717, 1.165) is 23.7 Å². The van der Waals surface area contributed by atoms with Crippen LogP contribution < -0.4 is 9.47 Å². The zero-order chi connectivity index (χ0) is 14.0. The maximum atomic E-state index is 11.2. The molecule has 1 N–H and O–H groups in total. The van der Waals surface area contributed by atoms with Crippen LogP contribution in [0.1, 0.15) is 37.7 Å². The second-order valence-corrected chi connectivity index (χ2v) is 5.67. The number of halogens is 1. The molecule has 1 aliphatic rings. The van der Waals surface area contributed by atoms with Gasteiger partial charge >= 0.3 is 5.97 Å². The van der Waals surface area contributed by atoms with E-state index in [1.807, 2.05) is 0 Å². The highest BCUT2D eigenvalue weighted by atomic mass is 79.9. The fourth-order valence-corrected chi connectivity index (χ4v) is 2.43. The summed E-state index contributed by atoms with van der Waals surface area (Å²) in [5, 5.41) is 9.21. The van der Waals surface area contributed by atoms with Crippen LogP contribution in [0, 0.1) is 0 Å². The molecule has 0 radical (unpaired) electrons. The first-order valence-corrected chi connectivity index (χ1v) is 7.09. The van der Waals surface area contributed by atoms with Crippen LogP contribution in [0.4, 0.5) is 0 Å². The van der Waals surface area contributed by atoms with E-state index in [2.05, 4.69) is 15.9 Å². The van der Waals surface area contributed by atoms with Gasteiger partial charge in [0.25, 0.3) is 0 Å². The second-order valence-electron chi connectivity index (χ2n) is 4.76. The van der Waals surface area contributed by atoms with E-state index in [1.165, 1.54) is 0 Å². The van der Waals surface area contributed by atoms with Gasteiger partial charge in [0.1, 0.15) is 0 Å². The van der Waals surface area contributed by atoms with Crippen LogP contribution in [0.3, 0.4) is 0 Å². The van der Waals surface area contributed by atoms with E-state index in [4.69, 9.17) is 9.47 Å². The summed E-state index contributed by atoms with van der Waals surface area (Å²) < 4.78 is 12.0. The van der Waals surface area contributed by atoms with Crippen LogP contribution in [-0.2, 0) is 4.79 Å².